The van der Waals surface area contributed by atoms with Gasteiger partial charge in [0.05, 0.1) is 30.0 Å². The minimum Gasteiger partial charge on any atom is -0.432 e. The summed E-state index contributed by atoms with van der Waals surface area (Å²) in [5, 5.41) is 21.8. The fraction of sp³-hybridized carbons (Fsp3) is 0.371. The molecule has 0 bridgehead atoms. The average Bonchev–Trinajstić information content (AvgIpc) is 3.71. The topological polar surface area (TPSA) is 130 Å². The lowest BCUT2D eigenvalue weighted by Crippen LogP contribution is -2.43. The first kappa shape index (κ1) is 30.5. The Balaban J connectivity index is 1.19. The van der Waals surface area contributed by atoms with Crippen LogP contribution in [0.5, 0.6) is 0 Å². The number of nitrogens with one attached hydrogen (secondary N) is 1. The van der Waals surface area contributed by atoms with Crippen LogP contribution in [-0.2, 0) is 32.9 Å². The van der Waals surface area contributed by atoms with Crippen LogP contribution in [0.1, 0.15) is 48.1 Å². The molecule has 7 rings (SSSR count). The lowest BCUT2D eigenvalue weighted by atomic mass is 9.82. The fourth-order valence-corrected chi connectivity index (χ4v) is 10.5. The van der Waals surface area contributed by atoms with Crippen molar-refractivity contribution in [1.29, 1.82) is 0 Å². The van der Waals surface area contributed by atoms with E-state index in [0.717, 1.165) is 16.8 Å². The molecule has 3 aliphatic heterocycles. The van der Waals surface area contributed by atoms with Gasteiger partial charge in [0.1, 0.15) is 0 Å². The number of aryl methyl sites for hydroxylation is 2. The van der Waals surface area contributed by atoms with Gasteiger partial charge in [-0.25, -0.2) is 0 Å². The lowest BCUT2D eigenvalue weighted by Gasteiger charge is -2.33. The van der Waals surface area contributed by atoms with Crippen molar-refractivity contribution in [2.75, 3.05) is 16.8 Å². The van der Waals surface area contributed by atoms with Gasteiger partial charge in [0, 0.05) is 47.6 Å². The molecule has 10 nitrogen and oxygen atoms in total. The molecule has 3 N–H and O–H groups in total. The maximum Gasteiger partial charge on any atom is 0.261 e. The summed E-state index contributed by atoms with van der Waals surface area (Å²) in [6.07, 6.45) is 3.03. The number of nitrogens with zero attached hydrogens (tertiary/aromatic N) is 4. The van der Waals surface area contributed by atoms with Gasteiger partial charge in [-0.2, -0.15) is 0 Å². The Labute approximate surface area is 269 Å². The third-order valence-electron chi connectivity index (χ3n) is 10.0. The van der Waals surface area contributed by atoms with Gasteiger partial charge in [-0.3, -0.25) is 19.2 Å². The van der Waals surface area contributed by atoms with E-state index in [1.165, 1.54) is 0 Å². The molecule has 4 aromatic rings. The van der Waals surface area contributed by atoms with Crippen molar-refractivity contribution in [2.45, 2.75) is 69.0 Å². The second-order valence-corrected chi connectivity index (χ2v) is 17.2. The molecule has 46 heavy (non-hydrogen) atoms. The van der Waals surface area contributed by atoms with E-state index in [1.807, 2.05) is 99.0 Å². The van der Waals surface area contributed by atoms with Crippen molar-refractivity contribution in [3.63, 3.8) is 0 Å². The standard InChI is InChI=1S/C35H39N5O5Si/c1-22-33(46(2,3)44)31(17-18-39-20-29(37-38-39)26(21-41)23-9-5-4-6-10-23)45-35(22)27-19-25(14-15-28(27)36-34(35)43)40-30-12-8-7-11-24(30)13-16-32(40)42/h4-12,14-15,19-20,22,26,31,33,41,44H,13,16-18,21H2,1-3H3,(H,36,43)/t22-,26?,31+,33-,35+/m0/s1. The molecular weight excluding hydrogens is 599 g/mol. The van der Waals surface area contributed by atoms with Crippen molar-refractivity contribution in [1.82, 2.24) is 15.0 Å². The summed E-state index contributed by atoms with van der Waals surface area (Å²) in [7, 11) is -2.85. The summed E-state index contributed by atoms with van der Waals surface area (Å²) in [5.74, 6) is -0.856. The Kier molecular flexibility index (Phi) is 7.67. The molecule has 0 aliphatic carbocycles. The van der Waals surface area contributed by atoms with Crippen LogP contribution in [-0.4, -0.2) is 57.7 Å². The molecule has 1 fully saturated rings. The summed E-state index contributed by atoms with van der Waals surface area (Å²) in [4.78, 5) is 40.5. The number of amides is 2. The number of carbonyl (C=O) groups is 2. The first-order valence-electron chi connectivity index (χ1n) is 15.9. The van der Waals surface area contributed by atoms with Gasteiger partial charge >= 0.3 is 0 Å². The molecule has 0 radical (unpaired) electrons. The number of ether oxygens (including phenoxy) is 1. The second kappa shape index (κ2) is 11.6. The number of aliphatic hydroxyl groups excluding tert-OH is 1. The summed E-state index contributed by atoms with van der Waals surface area (Å²) < 4.78 is 8.60. The second-order valence-electron chi connectivity index (χ2n) is 13.2. The highest BCUT2D eigenvalue weighted by Crippen LogP contribution is 2.59. The molecule has 4 heterocycles. The molecule has 1 aromatic heterocycles. The highest BCUT2D eigenvalue weighted by Gasteiger charge is 2.64. The molecule has 0 saturated carbocycles. The largest absolute Gasteiger partial charge is 0.432 e. The number of para-hydroxylation sites is 1. The van der Waals surface area contributed by atoms with Gasteiger partial charge in [-0.15, -0.1) is 5.10 Å². The normalized spacial score (nSPS) is 24.6. The molecular formula is C35H39N5O5Si. The van der Waals surface area contributed by atoms with E-state index in [4.69, 9.17) is 4.74 Å². The van der Waals surface area contributed by atoms with Crippen molar-refractivity contribution in [2.24, 2.45) is 5.92 Å². The van der Waals surface area contributed by atoms with E-state index in [0.29, 0.717) is 48.4 Å². The first-order chi connectivity index (χ1) is 22.1. The monoisotopic (exact) mass is 637 g/mol. The van der Waals surface area contributed by atoms with Gasteiger partial charge < -0.3 is 20.0 Å². The summed E-state index contributed by atoms with van der Waals surface area (Å²) in [6.45, 7) is 6.16. The Bertz CT molecular complexity index is 1790. The van der Waals surface area contributed by atoms with Gasteiger partial charge in [0.2, 0.25) is 5.91 Å². The Morgan fingerprint density at radius 3 is 2.59 bits per heavy atom. The van der Waals surface area contributed by atoms with Gasteiger partial charge in [-0.05, 0) is 61.3 Å². The number of rotatable bonds is 8. The van der Waals surface area contributed by atoms with E-state index < -0.39 is 20.0 Å². The number of anilines is 3. The van der Waals surface area contributed by atoms with Crippen molar-refractivity contribution < 1.29 is 24.2 Å². The van der Waals surface area contributed by atoms with E-state index in [9.17, 15) is 19.5 Å². The third kappa shape index (κ3) is 4.98. The minimum absolute atomic E-state index is 0.00734. The molecule has 5 atom stereocenters. The van der Waals surface area contributed by atoms with Gasteiger partial charge in [-0.1, -0.05) is 60.7 Å². The SMILES string of the molecule is C[C@H]1[C@H]([Si](C)(C)O)[C@@H](CCn2cc(C(CO)c3ccccc3)nn2)O[C@]12C(=O)Nc1ccc(N3C(=O)CCc4ccccc43)cc12. The highest BCUT2D eigenvalue weighted by atomic mass is 28.4. The quantitative estimate of drug-likeness (QED) is 0.236. The van der Waals surface area contributed by atoms with E-state index in [1.54, 1.807) is 9.58 Å². The predicted octanol–water partition coefficient (Wildman–Crippen LogP) is 4.85. The third-order valence-corrected chi connectivity index (χ3v) is 12.5. The number of aliphatic hydroxyl groups is 1. The van der Waals surface area contributed by atoms with Crippen LogP contribution in [0.15, 0.2) is 79.0 Å². The van der Waals surface area contributed by atoms with Crippen LogP contribution >= 0.6 is 0 Å². The summed E-state index contributed by atoms with van der Waals surface area (Å²) in [6, 6.07) is 23.3. The van der Waals surface area contributed by atoms with Crippen LogP contribution in [0.4, 0.5) is 17.1 Å². The van der Waals surface area contributed by atoms with Crippen molar-refractivity contribution in [3.8, 4) is 0 Å². The van der Waals surface area contributed by atoms with Crippen LogP contribution < -0.4 is 10.2 Å². The number of aromatic nitrogens is 3. The summed E-state index contributed by atoms with van der Waals surface area (Å²) in [5.41, 5.74) is 4.08. The zero-order valence-electron chi connectivity index (χ0n) is 26.3. The van der Waals surface area contributed by atoms with E-state index >= 15 is 0 Å². The minimum atomic E-state index is -2.85. The van der Waals surface area contributed by atoms with Crippen LogP contribution in [0.2, 0.25) is 18.6 Å². The van der Waals surface area contributed by atoms with Gasteiger partial charge in [0.25, 0.3) is 5.91 Å². The Morgan fingerprint density at radius 2 is 1.83 bits per heavy atom. The maximum atomic E-state index is 13.9. The number of fused-ring (bicyclic) bond motifs is 3. The highest BCUT2D eigenvalue weighted by molar-refractivity contribution is 6.71. The van der Waals surface area contributed by atoms with Crippen LogP contribution in [0, 0.1) is 5.92 Å². The molecule has 1 spiro atoms. The molecule has 11 heteroatoms. The zero-order valence-corrected chi connectivity index (χ0v) is 27.3. The molecule has 2 amide bonds. The first-order valence-corrected chi connectivity index (χ1v) is 19.0. The van der Waals surface area contributed by atoms with Crippen molar-refractivity contribution in [3.05, 3.63) is 101 Å². The van der Waals surface area contributed by atoms with E-state index in [2.05, 4.69) is 15.6 Å². The number of carbonyl (C=O) groups excluding carboxylic acids is 2. The molecule has 3 aliphatic rings. The number of hydrogen-bond acceptors (Lipinski definition) is 7. The van der Waals surface area contributed by atoms with Crippen LogP contribution in [0.25, 0.3) is 0 Å². The molecule has 238 valence electrons. The molecule has 1 unspecified atom stereocenters. The van der Waals surface area contributed by atoms with Gasteiger partial charge in [0.15, 0.2) is 13.9 Å². The fourth-order valence-electron chi connectivity index (χ4n) is 7.90. The van der Waals surface area contributed by atoms with Crippen LogP contribution in [0.3, 0.4) is 0 Å². The smallest absolute Gasteiger partial charge is 0.261 e. The maximum absolute atomic E-state index is 13.9. The number of hydrogen-bond donors (Lipinski definition) is 3. The Hall–Kier alpha value is -4.16. The van der Waals surface area contributed by atoms with E-state index in [-0.39, 0.29) is 35.8 Å². The molecule has 1 saturated heterocycles. The number of benzene rings is 3. The molecule has 3 aromatic carbocycles. The summed E-state index contributed by atoms with van der Waals surface area (Å²) >= 11 is 0. The predicted molar refractivity (Wildman–Crippen MR) is 176 cm³/mol. The Morgan fingerprint density at radius 1 is 1.07 bits per heavy atom. The zero-order chi connectivity index (χ0) is 32.2. The lowest BCUT2D eigenvalue weighted by molar-refractivity contribution is -0.143. The average molecular weight is 638 g/mol. The van der Waals surface area contributed by atoms with Crippen molar-refractivity contribution >= 4 is 37.2 Å².